The molecule has 0 aliphatic heterocycles. The van der Waals surface area contributed by atoms with Crippen LogP contribution in [0.1, 0.15) is 46.5 Å². The molecule has 1 aliphatic carbocycles. The van der Waals surface area contributed by atoms with Crippen molar-refractivity contribution in [2.24, 2.45) is 0 Å². The largest absolute Gasteiger partial charge is 0.512 e. The van der Waals surface area contributed by atoms with Gasteiger partial charge in [-0.2, -0.15) is 0 Å². The zero-order valence-electron chi connectivity index (χ0n) is 20.3. The minimum absolute atomic E-state index is 0. The average Bonchev–Trinajstić information content (AvgIpc) is 3.06. The molecule has 0 unspecified atom stereocenters. The Morgan fingerprint density at radius 2 is 1.69 bits per heavy atom. The van der Waals surface area contributed by atoms with Crippen LogP contribution in [0.25, 0.3) is 33.2 Å². The second-order valence-corrected chi connectivity index (χ2v) is 8.72. The predicted molar refractivity (Wildman–Crippen MR) is 136 cm³/mol. The van der Waals surface area contributed by atoms with E-state index in [0.717, 1.165) is 55.4 Å². The summed E-state index contributed by atoms with van der Waals surface area (Å²) in [5.74, 6) is 0.0591. The number of ketones is 2. The van der Waals surface area contributed by atoms with Gasteiger partial charge in [0.1, 0.15) is 0 Å². The van der Waals surface area contributed by atoms with Gasteiger partial charge in [-0.15, -0.1) is 34.9 Å². The van der Waals surface area contributed by atoms with Crippen LogP contribution in [0.5, 0.6) is 0 Å². The molecule has 0 saturated carbocycles. The summed E-state index contributed by atoms with van der Waals surface area (Å²) in [6, 6.07) is 19.7. The molecule has 5 heteroatoms. The maximum Gasteiger partial charge on any atom is 0.194 e. The van der Waals surface area contributed by atoms with Crippen molar-refractivity contribution < 1.29 is 34.8 Å². The van der Waals surface area contributed by atoms with Gasteiger partial charge in [0.25, 0.3) is 0 Å². The topological polar surface area (TPSA) is 67.3 Å². The number of hydrogen-bond acceptors (Lipinski definition) is 4. The van der Waals surface area contributed by atoms with Gasteiger partial charge in [-0.05, 0) is 54.4 Å². The molecule has 35 heavy (non-hydrogen) atoms. The fourth-order valence-corrected chi connectivity index (χ4v) is 4.58. The third kappa shape index (κ3) is 5.17. The summed E-state index contributed by atoms with van der Waals surface area (Å²) < 4.78 is 0. The smallest absolute Gasteiger partial charge is 0.194 e. The third-order valence-electron chi connectivity index (χ3n) is 5.77. The van der Waals surface area contributed by atoms with Crippen LogP contribution < -0.4 is 0 Å². The molecule has 5 rings (SSSR count). The van der Waals surface area contributed by atoms with Gasteiger partial charge in [0.15, 0.2) is 11.6 Å². The van der Waals surface area contributed by atoms with Gasteiger partial charge in [0, 0.05) is 49.1 Å². The van der Waals surface area contributed by atoms with Crippen LogP contribution in [0.15, 0.2) is 66.6 Å². The van der Waals surface area contributed by atoms with E-state index in [0.29, 0.717) is 0 Å². The minimum Gasteiger partial charge on any atom is -0.512 e. The van der Waals surface area contributed by atoms with E-state index >= 15 is 0 Å². The summed E-state index contributed by atoms with van der Waals surface area (Å²) in [5.41, 5.74) is 8.90. The molecular formula is C30H26IrNO3-. The number of fused-ring (bicyclic) bond motifs is 5. The van der Waals surface area contributed by atoms with E-state index in [1.807, 2.05) is 43.5 Å². The van der Waals surface area contributed by atoms with Crippen LogP contribution in [0, 0.1) is 26.8 Å². The molecule has 4 aromatic rings. The Bertz CT molecular complexity index is 1480. The van der Waals surface area contributed by atoms with Crippen LogP contribution >= 0.6 is 0 Å². The molecule has 0 spiro atoms. The Labute approximate surface area is 219 Å². The number of pyridine rings is 1. The molecule has 179 valence electrons. The molecular weight excluding hydrogens is 615 g/mol. The summed E-state index contributed by atoms with van der Waals surface area (Å²) in [5, 5.41) is 10.5. The number of allylic oxidation sites excluding steroid dienone is 2. The van der Waals surface area contributed by atoms with Crippen molar-refractivity contribution in [1.29, 1.82) is 0 Å². The molecule has 1 aromatic heterocycles. The number of nitrogens with zero attached hydrogens (tertiary/aromatic N) is 1. The van der Waals surface area contributed by atoms with E-state index in [1.54, 1.807) is 0 Å². The van der Waals surface area contributed by atoms with Crippen molar-refractivity contribution in [3.8, 4) is 22.4 Å². The first-order valence-electron chi connectivity index (χ1n) is 11.1. The van der Waals surface area contributed by atoms with Crippen LogP contribution in [0.3, 0.4) is 0 Å². The Kier molecular flexibility index (Phi) is 7.84. The average molecular weight is 641 g/mol. The van der Waals surface area contributed by atoms with Gasteiger partial charge in [0.2, 0.25) is 0 Å². The standard InChI is InChI=1S/C25H18NO.C5H8O2.Ir/c1-14-11-15(2)13-17(12-14)24-19-7-8-21-23(18(19)9-10-26-24)20-6-4-5-16(3)22(20)25(21)27;1-4(6)3-5(2)7;/h4-12H,1-3H3;3,6H,1-2H3;/q-1;;/b;4-3-;. The summed E-state index contributed by atoms with van der Waals surface area (Å²) in [6.07, 6.45) is 3.00. The molecule has 0 atom stereocenters. The van der Waals surface area contributed by atoms with E-state index in [9.17, 15) is 9.59 Å². The van der Waals surface area contributed by atoms with Gasteiger partial charge in [-0.25, -0.2) is 0 Å². The summed E-state index contributed by atoms with van der Waals surface area (Å²) >= 11 is 0. The molecule has 0 fully saturated rings. The van der Waals surface area contributed by atoms with Crippen molar-refractivity contribution in [2.75, 3.05) is 0 Å². The number of aromatic nitrogens is 1. The summed E-state index contributed by atoms with van der Waals surface area (Å²) in [6.45, 7) is 8.99. The molecule has 1 heterocycles. The summed E-state index contributed by atoms with van der Waals surface area (Å²) in [7, 11) is 0. The van der Waals surface area contributed by atoms with Gasteiger partial charge in [-0.1, -0.05) is 44.2 Å². The molecule has 4 nitrogen and oxygen atoms in total. The van der Waals surface area contributed by atoms with Gasteiger partial charge in [-0.3, -0.25) is 9.59 Å². The molecule has 0 amide bonds. The van der Waals surface area contributed by atoms with Crippen LogP contribution in [0.4, 0.5) is 0 Å². The third-order valence-corrected chi connectivity index (χ3v) is 5.77. The quantitative estimate of drug-likeness (QED) is 0.130. The first kappa shape index (κ1) is 26.2. The maximum absolute atomic E-state index is 13.0. The summed E-state index contributed by atoms with van der Waals surface area (Å²) in [4.78, 5) is 27.7. The van der Waals surface area contributed by atoms with Crippen molar-refractivity contribution in [1.82, 2.24) is 4.98 Å². The molecule has 0 bridgehead atoms. The van der Waals surface area contributed by atoms with E-state index in [2.05, 4.69) is 43.1 Å². The zero-order valence-corrected chi connectivity index (χ0v) is 22.7. The normalized spacial score (nSPS) is 11.8. The molecule has 1 aliphatic rings. The van der Waals surface area contributed by atoms with Gasteiger partial charge < -0.3 is 10.1 Å². The number of rotatable bonds is 2. The Hall–Kier alpha value is -3.40. The molecule has 0 saturated heterocycles. The van der Waals surface area contributed by atoms with E-state index < -0.39 is 0 Å². The van der Waals surface area contributed by atoms with E-state index in [1.165, 1.54) is 25.5 Å². The van der Waals surface area contributed by atoms with Gasteiger partial charge >= 0.3 is 0 Å². The number of aliphatic hydroxyl groups is 1. The zero-order chi connectivity index (χ0) is 24.6. The van der Waals surface area contributed by atoms with Crippen molar-refractivity contribution in [2.45, 2.75) is 34.6 Å². The number of carbonyl (C=O) groups excluding carboxylic acids is 2. The monoisotopic (exact) mass is 641 g/mol. The van der Waals surface area contributed by atoms with Crippen LogP contribution in [0.2, 0.25) is 0 Å². The van der Waals surface area contributed by atoms with E-state index in [4.69, 9.17) is 5.11 Å². The second-order valence-electron chi connectivity index (χ2n) is 8.72. The van der Waals surface area contributed by atoms with Crippen molar-refractivity contribution in [3.63, 3.8) is 0 Å². The fourth-order valence-electron chi connectivity index (χ4n) is 4.58. The Morgan fingerprint density at radius 3 is 2.31 bits per heavy atom. The first-order chi connectivity index (χ1) is 16.2. The number of benzene rings is 3. The first-order valence-corrected chi connectivity index (χ1v) is 11.1. The van der Waals surface area contributed by atoms with Crippen molar-refractivity contribution >= 4 is 22.3 Å². The van der Waals surface area contributed by atoms with Crippen LogP contribution in [-0.4, -0.2) is 21.7 Å². The van der Waals surface area contributed by atoms with Crippen molar-refractivity contribution in [3.05, 3.63) is 100 Å². The molecule has 1 N–H and O–H groups in total. The second kappa shape index (κ2) is 10.5. The minimum atomic E-state index is -0.125. The SMILES string of the molecule is CC(=O)/C=C(/C)O.Cc1[c-]c(-c2nccc3c4c(ccc23)C(=O)c2c(C)cccc2-4)cc(C)c1.[Ir]. The van der Waals surface area contributed by atoms with Gasteiger partial charge in [0.05, 0.1) is 5.76 Å². The van der Waals surface area contributed by atoms with E-state index in [-0.39, 0.29) is 37.4 Å². The number of carbonyl (C=O) groups is 2. The fraction of sp³-hybridized carbons (Fsp3) is 0.167. The predicted octanol–water partition coefficient (Wildman–Crippen LogP) is 6.87. The number of aryl methyl sites for hydroxylation is 3. The Morgan fingerprint density at radius 1 is 0.943 bits per heavy atom. The molecule has 3 aromatic carbocycles. The molecule has 1 radical (unpaired) electrons. The number of aliphatic hydroxyl groups excluding tert-OH is 1. The number of hydrogen-bond donors (Lipinski definition) is 1. The van der Waals surface area contributed by atoms with Crippen LogP contribution in [-0.2, 0) is 24.9 Å². The maximum atomic E-state index is 13.0. The Balaban J connectivity index is 0.000000378.